The monoisotopic (exact) mass is 295 g/mol. The summed E-state index contributed by atoms with van der Waals surface area (Å²) in [6.45, 7) is 2.89. The lowest BCUT2D eigenvalue weighted by Gasteiger charge is -2.19. The first kappa shape index (κ1) is 17.3. The summed E-state index contributed by atoms with van der Waals surface area (Å²) in [4.78, 5) is 11.1. The summed E-state index contributed by atoms with van der Waals surface area (Å²) in [5.74, 6) is 1.28. The van der Waals surface area contributed by atoms with Gasteiger partial charge in [-0.25, -0.2) is 0 Å². The highest BCUT2D eigenvalue weighted by molar-refractivity contribution is 5.69. The highest BCUT2D eigenvalue weighted by Gasteiger charge is 2.12. The van der Waals surface area contributed by atoms with E-state index >= 15 is 0 Å². The second-order valence-corrected chi connectivity index (χ2v) is 4.71. The van der Waals surface area contributed by atoms with Gasteiger partial charge in [-0.05, 0) is 37.1 Å². The van der Waals surface area contributed by atoms with Crippen LogP contribution in [0.5, 0.6) is 11.5 Å². The number of hydrogen-bond acceptors (Lipinski definition) is 5. The van der Waals surface area contributed by atoms with Gasteiger partial charge in [0.15, 0.2) is 11.5 Å². The maximum absolute atomic E-state index is 11.1. The van der Waals surface area contributed by atoms with Crippen LogP contribution in [0.4, 0.5) is 0 Å². The number of ether oxygens (including phenoxy) is 3. The van der Waals surface area contributed by atoms with Crippen molar-refractivity contribution in [1.82, 2.24) is 5.32 Å². The van der Waals surface area contributed by atoms with Gasteiger partial charge in [-0.3, -0.25) is 4.79 Å². The van der Waals surface area contributed by atoms with Crippen molar-refractivity contribution >= 4 is 5.97 Å². The molecule has 0 amide bonds. The van der Waals surface area contributed by atoms with Crippen LogP contribution in [-0.4, -0.2) is 33.8 Å². The van der Waals surface area contributed by atoms with Crippen LogP contribution >= 0.6 is 0 Å². The number of benzene rings is 1. The van der Waals surface area contributed by atoms with Gasteiger partial charge in [0.05, 0.1) is 21.3 Å². The molecule has 1 atom stereocenters. The molecule has 0 saturated heterocycles. The van der Waals surface area contributed by atoms with Crippen molar-refractivity contribution < 1.29 is 19.0 Å². The van der Waals surface area contributed by atoms with Crippen molar-refractivity contribution in [2.45, 2.75) is 32.2 Å². The van der Waals surface area contributed by atoms with E-state index in [-0.39, 0.29) is 12.0 Å². The molecule has 1 aromatic carbocycles. The average Bonchev–Trinajstić information content (AvgIpc) is 2.54. The Bertz CT molecular complexity index is 448. The number of hydrogen-bond donors (Lipinski definition) is 1. The second kappa shape index (κ2) is 9.23. The summed E-state index contributed by atoms with van der Waals surface area (Å²) in [6, 6.07) is 6.15. The van der Waals surface area contributed by atoms with Gasteiger partial charge in [-0.1, -0.05) is 13.0 Å². The van der Waals surface area contributed by atoms with Crippen molar-refractivity contribution in [2.24, 2.45) is 0 Å². The molecular formula is C16H25NO4. The second-order valence-electron chi connectivity index (χ2n) is 4.71. The number of esters is 1. The van der Waals surface area contributed by atoms with E-state index in [1.807, 2.05) is 18.2 Å². The van der Waals surface area contributed by atoms with Gasteiger partial charge in [-0.15, -0.1) is 0 Å². The molecule has 0 aliphatic carbocycles. The Hall–Kier alpha value is -1.75. The van der Waals surface area contributed by atoms with Gasteiger partial charge in [-0.2, -0.15) is 0 Å². The van der Waals surface area contributed by atoms with Gasteiger partial charge in [0.1, 0.15) is 0 Å². The average molecular weight is 295 g/mol. The first-order chi connectivity index (χ1) is 10.2. The summed E-state index contributed by atoms with van der Waals surface area (Å²) in [6.07, 6.45) is 2.15. The van der Waals surface area contributed by atoms with E-state index < -0.39 is 0 Å². The van der Waals surface area contributed by atoms with Crippen molar-refractivity contribution in [3.05, 3.63) is 23.8 Å². The van der Waals surface area contributed by atoms with Crippen LogP contribution in [0.2, 0.25) is 0 Å². The zero-order valence-corrected chi connectivity index (χ0v) is 13.3. The van der Waals surface area contributed by atoms with Crippen LogP contribution < -0.4 is 14.8 Å². The van der Waals surface area contributed by atoms with Crippen molar-refractivity contribution in [3.63, 3.8) is 0 Å². The Balaban J connectivity index is 2.61. The van der Waals surface area contributed by atoms with Crippen LogP contribution in [0, 0.1) is 0 Å². The molecule has 0 saturated carbocycles. The molecule has 5 nitrogen and oxygen atoms in total. The van der Waals surface area contributed by atoms with Crippen molar-refractivity contribution in [1.29, 1.82) is 0 Å². The van der Waals surface area contributed by atoms with Crippen LogP contribution in [0.1, 0.15) is 37.8 Å². The molecule has 5 heteroatoms. The van der Waals surface area contributed by atoms with E-state index in [1.54, 1.807) is 14.2 Å². The van der Waals surface area contributed by atoms with E-state index in [9.17, 15) is 4.79 Å². The third-order valence-electron chi connectivity index (χ3n) is 3.39. The lowest BCUT2D eigenvalue weighted by atomic mass is 10.0. The van der Waals surface area contributed by atoms with Crippen molar-refractivity contribution in [2.75, 3.05) is 27.9 Å². The number of rotatable bonds is 9. The van der Waals surface area contributed by atoms with E-state index in [0.29, 0.717) is 6.42 Å². The third kappa shape index (κ3) is 5.27. The number of methoxy groups -OCH3 is 3. The topological polar surface area (TPSA) is 56.8 Å². The molecule has 0 radical (unpaired) electrons. The molecular weight excluding hydrogens is 270 g/mol. The number of carbonyl (C=O) groups excluding carboxylic acids is 1. The molecule has 0 spiro atoms. The van der Waals surface area contributed by atoms with E-state index in [1.165, 1.54) is 7.11 Å². The quantitative estimate of drug-likeness (QED) is 0.561. The zero-order chi connectivity index (χ0) is 15.7. The van der Waals surface area contributed by atoms with E-state index in [2.05, 4.69) is 17.0 Å². The number of carbonyl (C=O) groups is 1. The maximum atomic E-state index is 11.1. The van der Waals surface area contributed by atoms with Crippen LogP contribution in [0.3, 0.4) is 0 Å². The fourth-order valence-electron chi connectivity index (χ4n) is 2.18. The molecule has 0 aromatic heterocycles. The lowest BCUT2D eigenvalue weighted by molar-refractivity contribution is -0.140. The Morgan fingerprint density at radius 1 is 1.19 bits per heavy atom. The van der Waals surface area contributed by atoms with Gasteiger partial charge in [0.25, 0.3) is 0 Å². The normalized spacial score (nSPS) is 11.8. The van der Waals surface area contributed by atoms with Gasteiger partial charge in [0, 0.05) is 12.5 Å². The molecule has 1 rings (SSSR count). The smallest absolute Gasteiger partial charge is 0.305 e. The molecule has 0 aliphatic heterocycles. The lowest BCUT2D eigenvalue weighted by Crippen LogP contribution is -2.22. The predicted molar refractivity (Wildman–Crippen MR) is 81.8 cm³/mol. The van der Waals surface area contributed by atoms with Crippen LogP contribution in [0.25, 0.3) is 0 Å². The minimum Gasteiger partial charge on any atom is -0.493 e. The largest absolute Gasteiger partial charge is 0.493 e. The van der Waals surface area contributed by atoms with E-state index in [4.69, 9.17) is 9.47 Å². The van der Waals surface area contributed by atoms with Gasteiger partial charge >= 0.3 is 5.97 Å². The maximum Gasteiger partial charge on any atom is 0.305 e. The highest BCUT2D eigenvalue weighted by atomic mass is 16.5. The fraction of sp³-hybridized carbons (Fsp3) is 0.562. The first-order valence-corrected chi connectivity index (χ1v) is 7.18. The molecule has 118 valence electrons. The molecule has 1 N–H and O–H groups in total. The minimum absolute atomic E-state index is 0.170. The van der Waals surface area contributed by atoms with Crippen molar-refractivity contribution in [3.8, 4) is 11.5 Å². The molecule has 0 fully saturated rings. The molecule has 0 aliphatic rings. The molecule has 1 aromatic rings. The standard InChI is InChI=1S/C16H25NO4/c1-5-13(17-10-6-7-16(18)21-4)12-8-9-14(19-2)15(11-12)20-3/h8-9,11,13,17H,5-7,10H2,1-4H3. The summed E-state index contributed by atoms with van der Waals surface area (Å²) >= 11 is 0. The molecule has 0 bridgehead atoms. The number of nitrogens with one attached hydrogen (secondary N) is 1. The third-order valence-corrected chi connectivity index (χ3v) is 3.39. The summed E-state index contributed by atoms with van der Waals surface area (Å²) in [5, 5.41) is 3.45. The predicted octanol–water partition coefficient (Wildman–Crippen LogP) is 2.70. The Kier molecular flexibility index (Phi) is 7.61. The summed E-state index contributed by atoms with van der Waals surface area (Å²) in [7, 11) is 4.67. The summed E-state index contributed by atoms with van der Waals surface area (Å²) < 4.78 is 15.2. The Morgan fingerprint density at radius 3 is 2.48 bits per heavy atom. The Morgan fingerprint density at radius 2 is 1.90 bits per heavy atom. The molecule has 21 heavy (non-hydrogen) atoms. The minimum atomic E-state index is -0.170. The molecule has 0 heterocycles. The SMILES string of the molecule is CCC(NCCCC(=O)OC)c1ccc(OC)c(OC)c1. The van der Waals surface area contributed by atoms with Crippen LogP contribution in [-0.2, 0) is 9.53 Å². The fourth-order valence-corrected chi connectivity index (χ4v) is 2.18. The highest BCUT2D eigenvalue weighted by Crippen LogP contribution is 2.30. The van der Waals surface area contributed by atoms with Gasteiger partial charge in [0.2, 0.25) is 0 Å². The van der Waals surface area contributed by atoms with E-state index in [0.717, 1.165) is 36.4 Å². The Labute approximate surface area is 126 Å². The van der Waals surface area contributed by atoms with Crippen LogP contribution in [0.15, 0.2) is 18.2 Å². The van der Waals surface area contributed by atoms with Gasteiger partial charge < -0.3 is 19.5 Å². The summed E-state index contributed by atoms with van der Waals surface area (Å²) in [5.41, 5.74) is 1.15. The molecule has 1 unspecified atom stereocenters. The zero-order valence-electron chi connectivity index (χ0n) is 13.3. The first-order valence-electron chi connectivity index (χ1n) is 7.18.